The Morgan fingerprint density at radius 3 is 2.75 bits per heavy atom. The van der Waals surface area contributed by atoms with Crippen LogP contribution in [-0.4, -0.2) is 50.1 Å². The highest BCUT2D eigenvalue weighted by molar-refractivity contribution is 6.06. The van der Waals surface area contributed by atoms with Crippen LogP contribution in [-0.2, 0) is 12.1 Å². The fourth-order valence-electron chi connectivity index (χ4n) is 4.60. The number of aliphatic hydroxyl groups excluding tert-OH is 1. The Morgan fingerprint density at radius 2 is 1.97 bits per heavy atom. The number of likely N-dealkylation sites (tertiary alicyclic amines) is 1. The number of hydrogen-bond acceptors (Lipinski definition) is 5. The zero-order valence-corrected chi connectivity index (χ0v) is 17.6. The Hall–Kier alpha value is -3.55. The number of rotatable bonds is 5. The van der Waals surface area contributed by atoms with Gasteiger partial charge < -0.3 is 15.4 Å². The molecular weight excluding hydrogens is 402 g/mol. The van der Waals surface area contributed by atoms with E-state index in [1.165, 1.54) is 0 Å². The van der Waals surface area contributed by atoms with Crippen molar-refractivity contribution in [1.29, 1.82) is 0 Å². The Labute approximate surface area is 186 Å². The van der Waals surface area contributed by atoms with E-state index in [1.807, 2.05) is 54.6 Å². The average Bonchev–Trinajstić information content (AvgIpc) is 3.34. The van der Waals surface area contributed by atoms with E-state index < -0.39 is 11.6 Å². The van der Waals surface area contributed by atoms with Crippen molar-refractivity contribution >= 4 is 16.8 Å². The number of carbonyl (C=O) groups excluding carboxylic acids is 1. The molecule has 2 aromatic carbocycles. The van der Waals surface area contributed by atoms with Crippen LogP contribution in [0.15, 0.2) is 79.4 Å². The van der Waals surface area contributed by atoms with Gasteiger partial charge in [0.2, 0.25) is 0 Å². The summed E-state index contributed by atoms with van der Waals surface area (Å²) in [6.07, 6.45) is 4.90. The second-order valence-corrected chi connectivity index (χ2v) is 8.24. The second kappa shape index (κ2) is 8.53. The molecule has 0 saturated carbocycles. The van der Waals surface area contributed by atoms with Gasteiger partial charge in [0.05, 0.1) is 29.1 Å². The van der Waals surface area contributed by atoms with Crippen LogP contribution in [0.1, 0.15) is 28.0 Å². The van der Waals surface area contributed by atoms with E-state index in [1.54, 1.807) is 24.8 Å². The lowest BCUT2D eigenvalue weighted by Crippen LogP contribution is -2.61. The number of amides is 1. The largest absolute Gasteiger partial charge is 0.389 e. The van der Waals surface area contributed by atoms with Gasteiger partial charge >= 0.3 is 0 Å². The van der Waals surface area contributed by atoms with Crippen molar-refractivity contribution in [3.8, 4) is 0 Å². The summed E-state index contributed by atoms with van der Waals surface area (Å²) in [6, 6.07) is 19.1. The summed E-state index contributed by atoms with van der Waals surface area (Å²) in [5, 5.41) is 15.4. The lowest BCUT2D eigenvalue weighted by Gasteiger charge is -2.46. The number of nitrogens with zero attached hydrogens (tertiary/aromatic N) is 3. The smallest absolute Gasteiger partial charge is 0.252 e. The minimum atomic E-state index is -0.882. The van der Waals surface area contributed by atoms with Gasteiger partial charge in [0, 0.05) is 43.1 Å². The molecule has 162 valence electrons. The number of H-pyrrole nitrogens is 1. The highest BCUT2D eigenvalue weighted by atomic mass is 16.3. The summed E-state index contributed by atoms with van der Waals surface area (Å²) >= 11 is 0. The van der Waals surface area contributed by atoms with Crippen LogP contribution < -0.4 is 5.32 Å². The van der Waals surface area contributed by atoms with Gasteiger partial charge in [-0.15, -0.1) is 0 Å². The molecule has 0 bridgehead atoms. The van der Waals surface area contributed by atoms with E-state index in [0.29, 0.717) is 25.1 Å². The molecule has 1 aliphatic rings. The van der Waals surface area contributed by atoms with Crippen LogP contribution in [0.2, 0.25) is 0 Å². The lowest BCUT2D eigenvalue weighted by atomic mass is 9.78. The number of aliphatic hydroxyl groups is 1. The zero-order valence-electron chi connectivity index (χ0n) is 17.6. The SMILES string of the molecule is O=C(N[C@@]1(c2ccccc2)CCN(Cc2cnc[nH]2)C[C@H]1O)c1ccnc2ccccc12. The first-order valence-electron chi connectivity index (χ1n) is 10.8. The summed E-state index contributed by atoms with van der Waals surface area (Å²) in [5.41, 5.74) is 2.34. The minimum absolute atomic E-state index is 0.214. The number of para-hydroxylation sites is 1. The standard InChI is InChI=1S/C25H25N5O2/c31-23-16-30(15-19-14-26-17-28-19)13-11-25(23,18-6-2-1-3-7-18)29-24(32)21-10-12-27-22-9-5-4-8-20(21)22/h1-10,12,14,17,23,31H,11,13,15-16H2,(H,26,28)(H,29,32)/t23-,25-/m1/s1. The Balaban J connectivity index is 1.46. The maximum atomic E-state index is 13.5. The summed E-state index contributed by atoms with van der Waals surface area (Å²) in [5.74, 6) is -0.214. The van der Waals surface area contributed by atoms with Gasteiger partial charge in [-0.1, -0.05) is 48.5 Å². The summed E-state index contributed by atoms with van der Waals surface area (Å²) < 4.78 is 0. The molecule has 1 amide bonds. The summed E-state index contributed by atoms with van der Waals surface area (Å²) in [4.78, 5) is 27.2. The molecule has 4 aromatic rings. The molecule has 32 heavy (non-hydrogen) atoms. The van der Waals surface area contributed by atoms with Gasteiger partial charge in [0.15, 0.2) is 0 Å². The number of nitrogens with one attached hydrogen (secondary N) is 2. The van der Waals surface area contributed by atoms with Crippen LogP contribution in [0.25, 0.3) is 10.9 Å². The van der Waals surface area contributed by atoms with Gasteiger partial charge in [0.1, 0.15) is 0 Å². The number of piperidine rings is 1. The molecule has 3 heterocycles. The van der Waals surface area contributed by atoms with Crippen LogP contribution in [0.5, 0.6) is 0 Å². The Kier molecular flexibility index (Phi) is 5.43. The number of benzene rings is 2. The molecule has 2 atom stereocenters. The third kappa shape index (κ3) is 3.77. The van der Waals surface area contributed by atoms with Crippen LogP contribution >= 0.6 is 0 Å². The molecule has 7 nitrogen and oxygen atoms in total. The number of aromatic nitrogens is 3. The van der Waals surface area contributed by atoms with Crippen molar-refractivity contribution in [3.05, 3.63) is 96.2 Å². The van der Waals surface area contributed by atoms with Crippen molar-refractivity contribution in [2.75, 3.05) is 13.1 Å². The van der Waals surface area contributed by atoms with Crippen molar-refractivity contribution in [2.45, 2.75) is 24.6 Å². The summed E-state index contributed by atoms with van der Waals surface area (Å²) in [6.45, 7) is 1.83. The van der Waals surface area contributed by atoms with Crippen LogP contribution in [0.4, 0.5) is 0 Å². The molecule has 0 spiro atoms. The number of pyridine rings is 1. The van der Waals surface area contributed by atoms with Crippen molar-refractivity contribution in [3.63, 3.8) is 0 Å². The van der Waals surface area contributed by atoms with Gasteiger partial charge in [0.25, 0.3) is 5.91 Å². The van der Waals surface area contributed by atoms with Crippen molar-refractivity contribution < 1.29 is 9.90 Å². The fourth-order valence-corrected chi connectivity index (χ4v) is 4.60. The van der Waals surface area contributed by atoms with E-state index in [2.05, 4.69) is 25.2 Å². The van der Waals surface area contributed by atoms with Gasteiger partial charge in [-0.25, -0.2) is 4.98 Å². The number of β-amino-alcohol motifs (C(OH)–C–C–N with tert-alkyl or cyclic N) is 1. The van der Waals surface area contributed by atoms with Gasteiger partial charge in [-0.05, 0) is 24.1 Å². The fraction of sp³-hybridized carbons (Fsp3) is 0.240. The number of hydrogen-bond donors (Lipinski definition) is 3. The maximum absolute atomic E-state index is 13.5. The van der Waals surface area contributed by atoms with Crippen LogP contribution in [0, 0.1) is 0 Å². The molecule has 2 aromatic heterocycles. The summed E-state index contributed by atoms with van der Waals surface area (Å²) in [7, 11) is 0. The Morgan fingerprint density at radius 1 is 1.16 bits per heavy atom. The molecule has 1 saturated heterocycles. The van der Waals surface area contributed by atoms with E-state index in [-0.39, 0.29) is 5.91 Å². The maximum Gasteiger partial charge on any atom is 0.252 e. The predicted octanol–water partition coefficient (Wildman–Crippen LogP) is 2.85. The third-order valence-electron chi connectivity index (χ3n) is 6.29. The topological polar surface area (TPSA) is 94.1 Å². The van der Waals surface area contributed by atoms with E-state index >= 15 is 0 Å². The molecule has 1 fully saturated rings. The lowest BCUT2D eigenvalue weighted by molar-refractivity contribution is -0.0183. The number of aromatic amines is 1. The Bertz CT molecular complexity index is 1210. The highest BCUT2D eigenvalue weighted by Crippen LogP contribution is 2.34. The molecule has 5 rings (SSSR count). The number of carbonyl (C=O) groups is 1. The van der Waals surface area contributed by atoms with Gasteiger partial charge in [-0.3, -0.25) is 14.7 Å². The first kappa shape index (κ1) is 20.4. The van der Waals surface area contributed by atoms with Crippen molar-refractivity contribution in [2.24, 2.45) is 0 Å². The van der Waals surface area contributed by atoms with Crippen LogP contribution in [0.3, 0.4) is 0 Å². The molecule has 3 N–H and O–H groups in total. The molecule has 7 heteroatoms. The van der Waals surface area contributed by atoms with E-state index in [4.69, 9.17) is 0 Å². The predicted molar refractivity (Wildman–Crippen MR) is 122 cm³/mol. The van der Waals surface area contributed by atoms with Gasteiger partial charge in [-0.2, -0.15) is 0 Å². The third-order valence-corrected chi connectivity index (χ3v) is 6.29. The highest BCUT2D eigenvalue weighted by Gasteiger charge is 2.45. The number of fused-ring (bicyclic) bond motifs is 1. The molecule has 0 aliphatic carbocycles. The second-order valence-electron chi connectivity index (χ2n) is 8.24. The first-order valence-corrected chi connectivity index (χ1v) is 10.8. The first-order chi connectivity index (χ1) is 15.7. The zero-order chi connectivity index (χ0) is 22.0. The molecule has 0 unspecified atom stereocenters. The molecular formula is C25H25N5O2. The normalized spacial score (nSPS) is 21.5. The quantitative estimate of drug-likeness (QED) is 0.455. The monoisotopic (exact) mass is 427 g/mol. The molecule has 0 radical (unpaired) electrons. The van der Waals surface area contributed by atoms with Crippen molar-refractivity contribution in [1.82, 2.24) is 25.2 Å². The van der Waals surface area contributed by atoms with E-state index in [0.717, 1.165) is 28.7 Å². The average molecular weight is 428 g/mol. The molecule has 1 aliphatic heterocycles. The minimum Gasteiger partial charge on any atom is -0.389 e. The van der Waals surface area contributed by atoms with E-state index in [9.17, 15) is 9.90 Å². The number of imidazole rings is 1.